The number of rotatable bonds is 4. The molecule has 0 unspecified atom stereocenters. The third kappa shape index (κ3) is 2.50. The van der Waals surface area contributed by atoms with Crippen LogP contribution in [0, 0.1) is 0 Å². The number of benzene rings is 1. The highest BCUT2D eigenvalue weighted by atomic mass is 16.5. The molecule has 0 saturated heterocycles. The number of hydrogen-bond acceptors (Lipinski definition) is 5. The number of ether oxygens (including phenoxy) is 1. The molecule has 1 aromatic rings. The van der Waals surface area contributed by atoms with Crippen LogP contribution in [-0.4, -0.2) is 29.1 Å². The van der Waals surface area contributed by atoms with Crippen LogP contribution in [0.25, 0.3) is 0 Å². The average molecular weight is 286 g/mol. The van der Waals surface area contributed by atoms with Crippen molar-refractivity contribution in [1.82, 2.24) is 0 Å². The van der Waals surface area contributed by atoms with E-state index in [-0.39, 0.29) is 41.3 Å². The molecule has 0 aromatic heterocycles. The van der Waals surface area contributed by atoms with Crippen LogP contribution in [0.1, 0.15) is 44.4 Å². The smallest absolute Gasteiger partial charge is 0.192 e. The summed E-state index contributed by atoms with van der Waals surface area (Å²) in [5.41, 5.74) is -0.156. The van der Waals surface area contributed by atoms with Gasteiger partial charge in [-0.05, 0) is 25.1 Å². The molecule has 1 aliphatic rings. The third-order valence-electron chi connectivity index (χ3n) is 3.14. The number of phenolic OH excluding ortho intramolecular Hbond substituents is 1. The molecule has 108 valence electrons. The molecule has 1 heterocycles. The average Bonchev–Trinajstić information content (AvgIpc) is 2.46. The van der Waals surface area contributed by atoms with E-state index in [1.807, 2.05) is 0 Å². The molecule has 1 N–H and O–H groups in total. The molecule has 0 radical (unpaired) electrons. The van der Waals surface area contributed by atoms with Crippen molar-refractivity contribution in [2.24, 2.45) is 0 Å². The number of carbonyl (C=O) groups is 3. The Morgan fingerprint density at radius 1 is 1.38 bits per heavy atom. The molecule has 5 nitrogen and oxygen atoms in total. The van der Waals surface area contributed by atoms with E-state index in [2.05, 4.69) is 6.58 Å². The Bertz CT molecular complexity index is 682. The van der Waals surface area contributed by atoms with Crippen molar-refractivity contribution in [2.45, 2.75) is 13.3 Å². The molecule has 21 heavy (non-hydrogen) atoms. The van der Waals surface area contributed by atoms with Gasteiger partial charge in [-0.15, -0.1) is 0 Å². The van der Waals surface area contributed by atoms with Crippen LogP contribution < -0.4 is 4.74 Å². The minimum Gasteiger partial charge on any atom is -0.506 e. The highest BCUT2D eigenvalue weighted by molar-refractivity contribution is 6.17. The number of hydrogen-bond donors (Lipinski definition) is 1. The van der Waals surface area contributed by atoms with Gasteiger partial charge in [0.2, 0.25) is 0 Å². The van der Waals surface area contributed by atoms with E-state index in [0.717, 1.165) is 6.08 Å². The van der Waals surface area contributed by atoms with Gasteiger partial charge < -0.3 is 9.84 Å². The Labute approximate surface area is 121 Å². The van der Waals surface area contributed by atoms with Crippen LogP contribution in [0.5, 0.6) is 11.5 Å². The number of carbonyl (C=O) groups excluding carboxylic acids is 3. The fraction of sp³-hybridized carbons (Fsp3) is 0.188. The molecular formula is C16H14O5. The quantitative estimate of drug-likeness (QED) is 0.679. The first-order chi connectivity index (χ1) is 10.0. The molecule has 2 rings (SSSR count). The Hall–Kier alpha value is -2.69. The fourth-order valence-corrected chi connectivity index (χ4v) is 2.15. The second-order valence-electron chi connectivity index (χ2n) is 4.48. The topological polar surface area (TPSA) is 80.7 Å². The van der Waals surface area contributed by atoms with Crippen LogP contribution >= 0.6 is 0 Å². The summed E-state index contributed by atoms with van der Waals surface area (Å²) in [7, 11) is 0. The normalized spacial score (nSPS) is 13.7. The first kappa shape index (κ1) is 14.7. The van der Waals surface area contributed by atoms with Crippen LogP contribution in [0.2, 0.25) is 0 Å². The van der Waals surface area contributed by atoms with E-state index in [4.69, 9.17) is 4.74 Å². The Morgan fingerprint density at radius 3 is 2.71 bits per heavy atom. The first-order valence-corrected chi connectivity index (χ1v) is 6.41. The monoisotopic (exact) mass is 286 g/mol. The molecule has 0 bridgehead atoms. The van der Waals surface area contributed by atoms with Crippen LogP contribution in [-0.2, 0) is 0 Å². The van der Waals surface area contributed by atoms with Gasteiger partial charge in [-0.25, -0.2) is 0 Å². The van der Waals surface area contributed by atoms with Gasteiger partial charge >= 0.3 is 0 Å². The lowest BCUT2D eigenvalue weighted by molar-refractivity contribution is 0.0931. The fourth-order valence-electron chi connectivity index (χ4n) is 2.15. The van der Waals surface area contributed by atoms with Gasteiger partial charge in [0.15, 0.2) is 17.3 Å². The Balaban J connectivity index is 2.78. The van der Waals surface area contributed by atoms with Crippen LogP contribution in [0.3, 0.4) is 0 Å². The van der Waals surface area contributed by atoms with Crippen molar-refractivity contribution in [3.05, 3.63) is 47.6 Å². The lowest BCUT2D eigenvalue weighted by atomic mass is 9.93. The molecule has 1 aliphatic heterocycles. The van der Waals surface area contributed by atoms with Crippen molar-refractivity contribution >= 4 is 17.3 Å². The van der Waals surface area contributed by atoms with Crippen molar-refractivity contribution < 1.29 is 24.2 Å². The largest absolute Gasteiger partial charge is 0.506 e. The lowest BCUT2D eigenvalue weighted by Crippen LogP contribution is -2.19. The first-order valence-electron chi connectivity index (χ1n) is 6.41. The van der Waals surface area contributed by atoms with E-state index < -0.39 is 17.3 Å². The summed E-state index contributed by atoms with van der Waals surface area (Å²) in [6, 6.07) is 1.27. The SMILES string of the molecule is C=CC(=O)c1c(O)c(C(=O)/C=C/C)cc2c1OCCC2=O. The minimum absolute atomic E-state index is 0.0191. The zero-order valence-corrected chi connectivity index (χ0v) is 11.5. The second-order valence-corrected chi connectivity index (χ2v) is 4.48. The van der Waals surface area contributed by atoms with Crippen molar-refractivity contribution in [3.63, 3.8) is 0 Å². The van der Waals surface area contributed by atoms with Gasteiger partial charge in [0.05, 0.1) is 17.7 Å². The van der Waals surface area contributed by atoms with Gasteiger partial charge in [-0.1, -0.05) is 12.7 Å². The second kappa shape index (κ2) is 5.75. The molecule has 5 heteroatoms. The standard InChI is InChI=1S/C16H14O5/c1-3-5-12(18)9-8-10-13(19)6-7-21-16(10)14(15(9)20)11(17)4-2/h3-5,8,20H,2,6-7H2,1H3/b5-3+. The van der Waals surface area contributed by atoms with Gasteiger partial charge in [0.25, 0.3) is 0 Å². The molecule has 0 spiro atoms. The molecule has 0 fully saturated rings. The molecule has 0 saturated carbocycles. The number of ketones is 3. The third-order valence-corrected chi connectivity index (χ3v) is 3.14. The number of aromatic hydroxyl groups is 1. The summed E-state index contributed by atoms with van der Waals surface area (Å²) < 4.78 is 5.34. The van der Waals surface area contributed by atoms with Gasteiger partial charge in [-0.2, -0.15) is 0 Å². The Morgan fingerprint density at radius 2 is 2.10 bits per heavy atom. The van der Waals surface area contributed by atoms with Crippen LogP contribution in [0.15, 0.2) is 30.9 Å². The predicted molar refractivity (Wildman–Crippen MR) is 76.2 cm³/mol. The maximum Gasteiger partial charge on any atom is 0.192 e. The highest BCUT2D eigenvalue weighted by Crippen LogP contribution is 2.38. The summed E-state index contributed by atoms with van der Waals surface area (Å²) in [6.07, 6.45) is 3.92. The maximum atomic E-state index is 12.0. The van der Waals surface area contributed by atoms with Gasteiger partial charge in [-0.3, -0.25) is 14.4 Å². The van der Waals surface area contributed by atoms with Crippen molar-refractivity contribution in [1.29, 1.82) is 0 Å². The minimum atomic E-state index is -0.603. The van der Waals surface area contributed by atoms with Gasteiger partial charge in [0.1, 0.15) is 17.1 Å². The van der Waals surface area contributed by atoms with E-state index in [1.54, 1.807) is 6.92 Å². The van der Waals surface area contributed by atoms with Gasteiger partial charge in [0, 0.05) is 6.42 Å². The van der Waals surface area contributed by atoms with Crippen molar-refractivity contribution in [3.8, 4) is 11.5 Å². The van der Waals surface area contributed by atoms with E-state index in [1.165, 1.54) is 18.2 Å². The molecule has 0 aliphatic carbocycles. The molecule has 0 amide bonds. The maximum absolute atomic E-state index is 12.0. The molecular weight excluding hydrogens is 272 g/mol. The van der Waals surface area contributed by atoms with E-state index in [0.29, 0.717) is 0 Å². The zero-order chi connectivity index (χ0) is 15.6. The summed E-state index contributed by atoms with van der Waals surface area (Å²) in [6.45, 7) is 5.14. The number of allylic oxidation sites excluding steroid dienone is 3. The van der Waals surface area contributed by atoms with E-state index >= 15 is 0 Å². The molecule has 1 aromatic carbocycles. The summed E-state index contributed by atoms with van der Waals surface area (Å²) in [5, 5.41) is 10.2. The number of phenols is 1. The summed E-state index contributed by atoms with van der Waals surface area (Å²) in [5.74, 6) is -1.80. The highest BCUT2D eigenvalue weighted by Gasteiger charge is 2.30. The number of Topliss-reactive ketones (excluding diaryl/α,β-unsaturated/α-hetero) is 1. The van der Waals surface area contributed by atoms with E-state index in [9.17, 15) is 19.5 Å². The predicted octanol–water partition coefficient (Wildman–Crippen LogP) is 2.48. The Kier molecular flexibility index (Phi) is 4.03. The summed E-state index contributed by atoms with van der Waals surface area (Å²) in [4.78, 5) is 35.9. The zero-order valence-electron chi connectivity index (χ0n) is 11.5. The summed E-state index contributed by atoms with van der Waals surface area (Å²) >= 11 is 0. The van der Waals surface area contributed by atoms with Crippen LogP contribution in [0.4, 0.5) is 0 Å². The lowest BCUT2D eigenvalue weighted by Gasteiger charge is -2.20. The van der Waals surface area contributed by atoms with Crippen molar-refractivity contribution in [2.75, 3.05) is 6.61 Å². The molecule has 0 atom stereocenters. The number of fused-ring (bicyclic) bond motifs is 1.